The molecule has 1 N–H and O–H groups in total. The number of aromatic nitrogens is 1. The lowest BCUT2D eigenvalue weighted by Gasteiger charge is -2.32. The van der Waals surface area contributed by atoms with Crippen LogP contribution in [0, 0.1) is 0 Å². The number of amides is 1. The van der Waals surface area contributed by atoms with Gasteiger partial charge in [0.05, 0.1) is 16.7 Å². The van der Waals surface area contributed by atoms with Crippen LogP contribution in [0.4, 0.5) is 4.79 Å². The minimum absolute atomic E-state index is 0.000516. The third kappa shape index (κ3) is 4.80. The topological polar surface area (TPSA) is 69.7 Å². The first kappa shape index (κ1) is 26.3. The molecule has 1 fully saturated rings. The molecule has 40 heavy (non-hydrogen) atoms. The Labute approximate surface area is 235 Å². The van der Waals surface area contributed by atoms with Crippen LogP contribution in [-0.2, 0) is 14.0 Å². The van der Waals surface area contributed by atoms with E-state index in [1.165, 1.54) is 22.3 Å². The molecule has 0 unspecified atom stereocenters. The predicted molar refractivity (Wildman–Crippen MR) is 159 cm³/mol. The average Bonchev–Trinajstić information content (AvgIpc) is 3.38. The van der Waals surface area contributed by atoms with E-state index in [4.69, 9.17) is 14.0 Å². The molecule has 2 aliphatic rings. The number of pyridine rings is 1. The summed E-state index contributed by atoms with van der Waals surface area (Å²) < 4.78 is 18.5. The number of rotatable bonds is 6. The summed E-state index contributed by atoms with van der Waals surface area (Å²) in [4.78, 5) is 17.5. The van der Waals surface area contributed by atoms with Gasteiger partial charge >= 0.3 is 13.2 Å². The quantitative estimate of drug-likeness (QED) is 0.277. The zero-order valence-electron chi connectivity index (χ0n) is 23.3. The molecule has 0 bridgehead atoms. The Bertz CT molecular complexity index is 1550. The molecule has 202 valence electrons. The van der Waals surface area contributed by atoms with E-state index in [0.29, 0.717) is 0 Å². The van der Waals surface area contributed by atoms with Gasteiger partial charge in [0.15, 0.2) is 0 Å². The van der Waals surface area contributed by atoms with Crippen molar-refractivity contribution in [3.05, 3.63) is 107 Å². The molecular formula is C33H33BN2O4. The summed E-state index contributed by atoms with van der Waals surface area (Å²) in [5.41, 5.74) is 6.40. The van der Waals surface area contributed by atoms with Crippen molar-refractivity contribution in [1.82, 2.24) is 10.3 Å². The Morgan fingerprint density at radius 3 is 2.23 bits per heavy atom. The second kappa shape index (κ2) is 10.2. The van der Waals surface area contributed by atoms with Crippen LogP contribution in [-0.4, -0.2) is 42.5 Å². The number of fused-ring (bicyclic) bond motifs is 4. The molecule has 1 aromatic heterocycles. The summed E-state index contributed by atoms with van der Waals surface area (Å²) in [5, 5.41) is 3.96. The van der Waals surface area contributed by atoms with Gasteiger partial charge in [0, 0.05) is 24.0 Å². The highest BCUT2D eigenvalue weighted by atomic mass is 16.7. The van der Waals surface area contributed by atoms with E-state index in [2.05, 4.69) is 34.6 Å². The summed E-state index contributed by atoms with van der Waals surface area (Å²) in [5.74, 6) is -0.000516. The normalized spacial score (nSPS) is 17.5. The van der Waals surface area contributed by atoms with E-state index in [0.717, 1.165) is 21.9 Å². The Kier molecular flexibility index (Phi) is 6.73. The molecule has 0 radical (unpaired) electrons. The first-order valence-electron chi connectivity index (χ1n) is 13.7. The number of nitrogens with zero attached hydrogens (tertiary/aromatic N) is 1. The van der Waals surface area contributed by atoms with Crippen LogP contribution in [0.5, 0.6) is 0 Å². The molecule has 1 amide bonds. The third-order valence-electron chi connectivity index (χ3n) is 8.36. The second-order valence-electron chi connectivity index (χ2n) is 11.4. The number of nitrogens with one attached hydrogen (secondary N) is 1. The van der Waals surface area contributed by atoms with Crippen LogP contribution in [0.25, 0.3) is 28.1 Å². The van der Waals surface area contributed by atoms with E-state index < -0.39 is 24.4 Å². The van der Waals surface area contributed by atoms with E-state index in [1.54, 1.807) is 6.20 Å². The lowest BCUT2D eigenvalue weighted by Crippen LogP contribution is -2.41. The van der Waals surface area contributed by atoms with Crippen molar-refractivity contribution in [2.75, 3.05) is 13.2 Å². The Hall–Kier alpha value is -3.94. The van der Waals surface area contributed by atoms with Gasteiger partial charge in [-0.2, -0.15) is 0 Å². The number of ether oxygens (including phenoxy) is 1. The van der Waals surface area contributed by atoms with Crippen molar-refractivity contribution < 1.29 is 18.8 Å². The van der Waals surface area contributed by atoms with Crippen LogP contribution < -0.4 is 5.32 Å². The number of alkyl carbamates (subject to hydrolysis) is 1. The molecule has 0 saturated carbocycles. The number of carbonyl (C=O) groups excluding carboxylic acids is 1. The number of benzene rings is 3. The fraction of sp³-hybridized carbons (Fsp3) is 0.273. The highest BCUT2D eigenvalue weighted by Gasteiger charge is 2.52. The molecule has 6 nitrogen and oxygen atoms in total. The maximum Gasteiger partial charge on any atom is 0.492 e. The highest BCUT2D eigenvalue weighted by Crippen LogP contribution is 2.44. The summed E-state index contributed by atoms with van der Waals surface area (Å²) in [6, 6.07) is 26.6. The van der Waals surface area contributed by atoms with Crippen LogP contribution in [0.3, 0.4) is 0 Å². The minimum Gasteiger partial charge on any atom is -0.449 e. The van der Waals surface area contributed by atoms with Crippen molar-refractivity contribution in [2.45, 2.75) is 44.8 Å². The first-order chi connectivity index (χ1) is 19.2. The van der Waals surface area contributed by atoms with Gasteiger partial charge in [0.1, 0.15) is 6.61 Å². The summed E-state index contributed by atoms with van der Waals surface area (Å²) in [6.07, 6.45) is 3.32. The van der Waals surface area contributed by atoms with E-state index >= 15 is 0 Å². The van der Waals surface area contributed by atoms with E-state index in [9.17, 15) is 4.79 Å². The fourth-order valence-corrected chi connectivity index (χ4v) is 5.47. The van der Waals surface area contributed by atoms with Crippen LogP contribution in [0.1, 0.15) is 50.3 Å². The van der Waals surface area contributed by atoms with E-state index in [1.807, 2.05) is 88.4 Å². The van der Waals surface area contributed by atoms with Gasteiger partial charge in [-0.3, -0.25) is 4.98 Å². The number of hydrogen-bond donors (Lipinski definition) is 1. The Morgan fingerprint density at radius 1 is 0.900 bits per heavy atom. The van der Waals surface area contributed by atoms with Gasteiger partial charge in [-0.05, 0) is 73.1 Å². The average molecular weight is 532 g/mol. The molecule has 7 heteroatoms. The third-order valence-corrected chi connectivity index (χ3v) is 8.36. The van der Waals surface area contributed by atoms with Crippen LogP contribution >= 0.6 is 0 Å². The number of hydrogen-bond acceptors (Lipinski definition) is 5. The standard InChI is InChI=1S/C33H33BN2O4/c1-32(2)33(3,4)40-34(39-32)23(19-22-11-9-17-30-24(22)16-10-18-35-30)20-36-31(37)38-21-29-27-14-7-5-12-25(27)26-13-6-8-15-28(26)29/h5-19,29H,20-21H2,1-4H3,(H,36,37). The van der Waals surface area contributed by atoms with E-state index in [-0.39, 0.29) is 19.1 Å². The molecule has 0 spiro atoms. The monoisotopic (exact) mass is 532 g/mol. The van der Waals surface area contributed by atoms with Crippen molar-refractivity contribution in [2.24, 2.45) is 0 Å². The molecule has 0 atom stereocenters. The number of carbonyl (C=O) groups is 1. The lowest BCUT2D eigenvalue weighted by molar-refractivity contribution is 0.00578. The fourth-order valence-electron chi connectivity index (χ4n) is 5.47. The predicted octanol–water partition coefficient (Wildman–Crippen LogP) is 6.79. The van der Waals surface area contributed by atoms with Gasteiger partial charge < -0.3 is 19.4 Å². The Balaban J connectivity index is 1.21. The zero-order valence-corrected chi connectivity index (χ0v) is 23.3. The highest BCUT2D eigenvalue weighted by molar-refractivity contribution is 6.56. The van der Waals surface area contributed by atoms with Gasteiger partial charge in [-0.25, -0.2) is 4.79 Å². The van der Waals surface area contributed by atoms with Gasteiger partial charge in [-0.15, -0.1) is 0 Å². The maximum absolute atomic E-state index is 13.0. The molecule has 1 aliphatic heterocycles. The Morgan fingerprint density at radius 2 is 1.55 bits per heavy atom. The molecule has 2 heterocycles. The molecular weight excluding hydrogens is 499 g/mol. The zero-order chi connectivity index (χ0) is 27.9. The van der Waals surface area contributed by atoms with Crippen molar-refractivity contribution in [3.63, 3.8) is 0 Å². The summed E-state index contributed by atoms with van der Waals surface area (Å²) in [7, 11) is -0.620. The molecule has 6 rings (SSSR count). The summed E-state index contributed by atoms with van der Waals surface area (Å²) in [6.45, 7) is 8.54. The van der Waals surface area contributed by atoms with Gasteiger partial charge in [0.2, 0.25) is 0 Å². The van der Waals surface area contributed by atoms with Crippen LogP contribution in [0.2, 0.25) is 0 Å². The largest absolute Gasteiger partial charge is 0.492 e. The SMILES string of the molecule is CC1(C)OB(C(=Cc2cccc3ncccc23)CNC(=O)OCC2c3ccccc3-c3ccccc32)OC1(C)C. The molecule has 4 aromatic rings. The van der Waals surface area contributed by atoms with Crippen molar-refractivity contribution >= 4 is 30.2 Å². The smallest absolute Gasteiger partial charge is 0.449 e. The second-order valence-corrected chi connectivity index (χ2v) is 11.4. The first-order valence-corrected chi connectivity index (χ1v) is 13.7. The van der Waals surface area contributed by atoms with Gasteiger partial charge in [-0.1, -0.05) is 72.8 Å². The summed E-state index contributed by atoms with van der Waals surface area (Å²) >= 11 is 0. The molecule has 1 aliphatic carbocycles. The lowest BCUT2D eigenvalue weighted by atomic mass is 9.76. The molecule has 1 saturated heterocycles. The van der Waals surface area contributed by atoms with Crippen molar-refractivity contribution in [1.29, 1.82) is 0 Å². The van der Waals surface area contributed by atoms with Crippen molar-refractivity contribution in [3.8, 4) is 11.1 Å². The van der Waals surface area contributed by atoms with Gasteiger partial charge in [0.25, 0.3) is 0 Å². The maximum atomic E-state index is 13.0. The minimum atomic E-state index is -0.620. The molecule has 3 aromatic carbocycles. The van der Waals surface area contributed by atoms with Crippen LogP contribution in [0.15, 0.2) is 90.5 Å².